The monoisotopic (exact) mass is 408 g/mol. The Morgan fingerprint density at radius 3 is 2.67 bits per heavy atom. The zero-order valence-electron chi connectivity index (χ0n) is 16.0. The Hall–Kier alpha value is -1.89. The van der Waals surface area contributed by atoms with E-state index in [2.05, 4.69) is 17.3 Å². The van der Waals surface area contributed by atoms with Crippen LogP contribution in [-0.4, -0.2) is 37.0 Å². The van der Waals surface area contributed by atoms with Crippen LogP contribution in [0, 0.1) is 13.8 Å². The van der Waals surface area contributed by atoms with Crippen LogP contribution >= 0.6 is 23.7 Å². The highest BCUT2D eigenvalue weighted by atomic mass is 35.5. The van der Waals surface area contributed by atoms with Crippen molar-refractivity contribution in [2.24, 2.45) is 0 Å². The van der Waals surface area contributed by atoms with Crippen LogP contribution in [0.5, 0.6) is 0 Å². The van der Waals surface area contributed by atoms with Crippen molar-refractivity contribution >= 4 is 40.6 Å². The lowest BCUT2D eigenvalue weighted by molar-refractivity contribution is 0.0526. The first-order chi connectivity index (χ1) is 12.4. The maximum atomic E-state index is 12.7. The fourth-order valence-corrected chi connectivity index (χ4v) is 4.41. The number of anilines is 1. The van der Waals surface area contributed by atoms with E-state index in [9.17, 15) is 9.59 Å². The minimum atomic E-state index is -0.357. The van der Waals surface area contributed by atoms with Crippen molar-refractivity contribution in [3.63, 3.8) is 0 Å². The topological polar surface area (TPSA) is 58.6 Å². The van der Waals surface area contributed by atoms with Crippen molar-refractivity contribution in [2.45, 2.75) is 33.7 Å². The number of nitrogens with one attached hydrogen (secondary N) is 1. The fraction of sp³-hybridized carbons (Fsp3) is 0.400. The highest BCUT2D eigenvalue weighted by molar-refractivity contribution is 7.17. The standard InChI is InChI=1S/C20H24N2O3S.ClH/c1-5-25-20(24)17-15-8-9-22(4)11-16(15)26-19(17)21-18(23)14-7-6-12(2)13(3)10-14;/h6-7,10H,5,8-9,11H2,1-4H3,(H,21,23);1H. The first-order valence-electron chi connectivity index (χ1n) is 8.79. The molecule has 1 aliphatic heterocycles. The van der Waals surface area contributed by atoms with Gasteiger partial charge in [-0.2, -0.15) is 0 Å². The zero-order valence-corrected chi connectivity index (χ0v) is 17.7. The quantitative estimate of drug-likeness (QED) is 0.770. The lowest BCUT2D eigenvalue weighted by atomic mass is 10.0. The third-order valence-corrected chi connectivity index (χ3v) is 5.86. The molecule has 1 aliphatic rings. The van der Waals surface area contributed by atoms with Gasteiger partial charge in [-0.3, -0.25) is 4.79 Å². The minimum Gasteiger partial charge on any atom is -0.462 e. The van der Waals surface area contributed by atoms with Gasteiger partial charge < -0.3 is 15.0 Å². The van der Waals surface area contributed by atoms with Crippen LogP contribution in [0.15, 0.2) is 18.2 Å². The molecule has 0 saturated carbocycles. The van der Waals surface area contributed by atoms with Crippen LogP contribution in [0.2, 0.25) is 0 Å². The molecule has 0 bridgehead atoms. The van der Waals surface area contributed by atoms with Crippen LogP contribution in [0.1, 0.15) is 49.2 Å². The summed E-state index contributed by atoms with van der Waals surface area (Å²) < 4.78 is 5.24. The summed E-state index contributed by atoms with van der Waals surface area (Å²) in [7, 11) is 2.06. The molecule has 2 aromatic rings. The average Bonchev–Trinajstić information content (AvgIpc) is 2.94. The molecule has 0 saturated heterocycles. The number of carbonyl (C=O) groups is 2. The van der Waals surface area contributed by atoms with Gasteiger partial charge >= 0.3 is 5.97 Å². The van der Waals surface area contributed by atoms with Crippen molar-refractivity contribution in [3.8, 4) is 0 Å². The normalized spacial score (nSPS) is 13.5. The number of hydrogen-bond donors (Lipinski definition) is 1. The van der Waals surface area contributed by atoms with Crippen LogP contribution < -0.4 is 5.32 Å². The van der Waals surface area contributed by atoms with E-state index in [4.69, 9.17) is 4.74 Å². The van der Waals surface area contributed by atoms with Gasteiger partial charge in [-0.15, -0.1) is 23.7 Å². The smallest absolute Gasteiger partial charge is 0.341 e. The predicted molar refractivity (Wildman–Crippen MR) is 111 cm³/mol. The molecule has 0 radical (unpaired) electrons. The summed E-state index contributed by atoms with van der Waals surface area (Å²) in [6, 6.07) is 5.61. The molecular formula is C20H25ClN2O3S. The Bertz CT molecular complexity index is 863. The average molecular weight is 409 g/mol. The van der Waals surface area contributed by atoms with Crippen molar-refractivity contribution < 1.29 is 14.3 Å². The molecule has 0 spiro atoms. The third kappa shape index (κ3) is 4.51. The lowest BCUT2D eigenvalue weighted by Crippen LogP contribution is -2.26. The number of fused-ring (bicyclic) bond motifs is 1. The van der Waals surface area contributed by atoms with Gasteiger partial charge in [0.2, 0.25) is 0 Å². The molecule has 2 heterocycles. The molecule has 0 unspecified atom stereocenters. The van der Waals surface area contributed by atoms with E-state index in [1.165, 1.54) is 11.3 Å². The number of halogens is 1. The van der Waals surface area contributed by atoms with Crippen LogP contribution in [0.3, 0.4) is 0 Å². The Morgan fingerprint density at radius 1 is 1.26 bits per heavy atom. The van der Waals surface area contributed by atoms with Gasteiger partial charge in [0, 0.05) is 23.5 Å². The van der Waals surface area contributed by atoms with Gasteiger partial charge in [-0.25, -0.2) is 4.79 Å². The Morgan fingerprint density at radius 2 is 2.00 bits per heavy atom. The van der Waals surface area contributed by atoms with E-state index in [1.807, 2.05) is 32.0 Å². The maximum absolute atomic E-state index is 12.7. The number of benzene rings is 1. The summed E-state index contributed by atoms with van der Waals surface area (Å²) in [6.45, 7) is 7.77. The van der Waals surface area contributed by atoms with Crippen LogP contribution in [0.25, 0.3) is 0 Å². The number of thiophene rings is 1. The number of esters is 1. The Kier molecular flexibility index (Phi) is 7.03. The second kappa shape index (κ2) is 8.87. The number of ether oxygens (including phenoxy) is 1. The summed E-state index contributed by atoms with van der Waals surface area (Å²) in [6.07, 6.45) is 0.788. The van der Waals surface area contributed by atoms with Gasteiger partial charge in [-0.1, -0.05) is 6.07 Å². The van der Waals surface area contributed by atoms with E-state index in [0.717, 1.165) is 41.1 Å². The summed E-state index contributed by atoms with van der Waals surface area (Å²) in [5.74, 6) is -0.560. The molecule has 5 nitrogen and oxygen atoms in total. The van der Waals surface area contributed by atoms with Gasteiger partial charge in [0.05, 0.1) is 12.2 Å². The molecule has 27 heavy (non-hydrogen) atoms. The molecule has 1 aromatic heterocycles. The fourth-order valence-electron chi connectivity index (χ4n) is 3.10. The Labute approximate surface area is 170 Å². The van der Waals surface area contributed by atoms with Crippen molar-refractivity contribution in [2.75, 3.05) is 25.5 Å². The third-order valence-electron chi connectivity index (χ3n) is 4.72. The predicted octanol–water partition coefficient (Wildman–Crippen LogP) is 4.20. The number of rotatable bonds is 4. The molecule has 0 atom stereocenters. The van der Waals surface area contributed by atoms with E-state index in [1.54, 1.807) is 6.92 Å². The number of amides is 1. The molecule has 0 aliphatic carbocycles. The van der Waals surface area contributed by atoms with E-state index < -0.39 is 0 Å². The number of likely N-dealkylation sites (N-methyl/N-ethyl adjacent to an activating group) is 1. The molecule has 0 fully saturated rings. The van der Waals surface area contributed by atoms with E-state index in [0.29, 0.717) is 22.7 Å². The SMILES string of the molecule is CCOC(=O)c1c(NC(=O)c2ccc(C)c(C)c2)sc2c1CCN(C)C2.Cl. The first-order valence-corrected chi connectivity index (χ1v) is 9.61. The molecule has 146 valence electrons. The molecule has 1 amide bonds. The summed E-state index contributed by atoms with van der Waals surface area (Å²) in [5.41, 5.74) is 4.34. The summed E-state index contributed by atoms with van der Waals surface area (Å²) in [5, 5.41) is 3.53. The van der Waals surface area contributed by atoms with Gasteiger partial charge in [0.15, 0.2) is 0 Å². The van der Waals surface area contributed by atoms with Crippen LogP contribution in [0.4, 0.5) is 5.00 Å². The molecule has 3 rings (SSSR count). The molecular weight excluding hydrogens is 384 g/mol. The summed E-state index contributed by atoms with van der Waals surface area (Å²) in [4.78, 5) is 28.6. The van der Waals surface area contributed by atoms with Crippen molar-refractivity contribution in [3.05, 3.63) is 50.9 Å². The highest BCUT2D eigenvalue weighted by Gasteiger charge is 2.28. The number of nitrogens with zero attached hydrogens (tertiary/aromatic N) is 1. The summed E-state index contributed by atoms with van der Waals surface area (Å²) >= 11 is 1.48. The number of aryl methyl sites for hydroxylation is 2. The minimum absolute atomic E-state index is 0. The molecule has 7 heteroatoms. The van der Waals surface area contributed by atoms with E-state index in [-0.39, 0.29) is 24.3 Å². The molecule has 1 aromatic carbocycles. The van der Waals surface area contributed by atoms with E-state index >= 15 is 0 Å². The lowest BCUT2D eigenvalue weighted by Gasteiger charge is -2.22. The van der Waals surface area contributed by atoms with Crippen molar-refractivity contribution in [1.82, 2.24) is 4.90 Å². The first kappa shape index (κ1) is 21.4. The highest BCUT2D eigenvalue weighted by Crippen LogP contribution is 2.37. The molecule has 1 N–H and O–H groups in total. The van der Waals surface area contributed by atoms with Crippen molar-refractivity contribution in [1.29, 1.82) is 0 Å². The second-order valence-electron chi connectivity index (χ2n) is 6.67. The van der Waals surface area contributed by atoms with Gasteiger partial charge in [0.1, 0.15) is 5.00 Å². The number of hydrogen-bond acceptors (Lipinski definition) is 5. The largest absolute Gasteiger partial charge is 0.462 e. The second-order valence-corrected chi connectivity index (χ2v) is 7.77. The number of carbonyl (C=O) groups excluding carboxylic acids is 2. The van der Waals surface area contributed by atoms with Crippen LogP contribution in [-0.2, 0) is 17.7 Å². The maximum Gasteiger partial charge on any atom is 0.341 e. The van der Waals surface area contributed by atoms with Gasteiger partial charge in [-0.05, 0) is 63.1 Å². The zero-order chi connectivity index (χ0) is 18.8. The van der Waals surface area contributed by atoms with Gasteiger partial charge in [0.25, 0.3) is 5.91 Å². The Balaban J connectivity index is 0.00000261.